The van der Waals surface area contributed by atoms with Crippen molar-refractivity contribution in [1.29, 1.82) is 0 Å². The normalized spacial score (nSPS) is 13.4. The number of aromatic nitrogens is 4. The lowest BCUT2D eigenvalue weighted by atomic mass is 10.1. The highest BCUT2D eigenvalue weighted by molar-refractivity contribution is 5.83. The van der Waals surface area contributed by atoms with Crippen molar-refractivity contribution in [2.75, 3.05) is 38.8 Å². The predicted octanol–water partition coefficient (Wildman–Crippen LogP) is 4.68. The zero-order valence-electron chi connectivity index (χ0n) is 21.6. The van der Waals surface area contributed by atoms with Crippen molar-refractivity contribution in [2.24, 2.45) is 0 Å². The predicted molar refractivity (Wildman–Crippen MR) is 143 cm³/mol. The Morgan fingerprint density at radius 2 is 1.81 bits per heavy atom. The number of anilines is 2. The second kappa shape index (κ2) is 10.9. The molecule has 9 nitrogen and oxygen atoms in total. The lowest BCUT2D eigenvalue weighted by Crippen LogP contribution is -2.29. The molecule has 1 aliphatic heterocycles. The zero-order chi connectivity index (χ0) is 25.8. The second-order valence-corrected chi connectivity index (χ2v) is 9.07. The molecule has 5 rings (SSSR count). The summed E-state index contributed by atoms with van der Waals surface area (Å²) in [6.45, 7) is 5.14. The topological polar surface area (TPSA) is 85.6 Å². The lowest BCUT2D eigenvalue weighted by Gasteiger charge is -2.27. The number of benzene rings is 2. The van der Waals surface area contributed by atoms with Gasteiger partial charge in [0.2, 0.25) is 5.91 Å². The van der Waals surface area contributed by atoms with Gasteiger partial charge in [-0.1, -0.05) is 0 Å². The molecule has 2 aromatic heterocycles. The van der Waals surface area contributed by atoms with Crippen molar-refractivity contribution >= 4 is 28.3 Å². The first-order chi connectivity index (χ1) is 18.1. The minimum Gasteiger partial charge on any atom is -0.497 e. The molecule has 1 fully saturated rings. The first-order valence-corrected chi connectivity index (χ1v) is 12.7. The van der Waals surface area contributed by atoms with Crippen LogP contribution in [0.4, 0.5) is 11.4 Å². The summed E-state index contributed by atoms with van der Waals surface area (Å²) in [4.78, 5) is 25.9. The van der Waals surface area contributed by atoms with Gasteiger partial charge in [-0.05, 0) is 38.0 Å². The van der Waals surface area contributed by atoms with E-state index in [4.69, 9.17) is 14.5 Å². The molecule has 192 valence electrons. The highest BCUT2D eigenvalue weighted by atomic mass is 16.5. The van der Waals surface area contributed by atoms with Crippen LogP contribution in [0.5, 0.6) is 11.5 Å². The summed E-state index contributed by atoms with van der Waals surface area (Å²) in [5.41, 5.74) is 5.26. The Bertz CT molecular complexity index is 1380. The molecule has 0 unspecified atom stereocenters. The molecule has 0 saturated carbocycles. The van der Waals surface area contributed by atoms with Crippen molar-refractivity contribution in [1.82, 2.24) is 24.6 Å². The number of carbonyl (C=O) groups is 1. The highest BCUT2D eigenvalue weighted by Crippen LogP contribution is 2.34. The van der Waals surface area contributed by atoms with E-state index in [1.807, 2.05) is 46.2 Å². The Balaban J connectivity index is 1.50. The third-order valence-corrected chi connectivity index (χ3v) is 6.72. The number of ether oxygens (including phenoxy) is 2. The summed E-state index contributed by atoms with van der Waals surface area (Å²) < 4.78 is 13.0. The second-order valence-electron chi connectivity index (χ2n) is 9.07. The van der Waals surface area contributed by atoms with Gasteiger partial charge in [0.1, 0.15) is 11.5 Å². The summed E-state index contributed by atoms with van der Waals surface area (Å²) in [5, 5.41) is 4.37. The quantitative estimate of drug-likeness (QED) is 0.312. The first kappa shape index (κ1) is 24.5. The van der Waals surface area contributed by atoms with Crippen LogP contribution in [0.2, 0.25) is 0 Å². The molecule has 0 bridgehead atoms. The molecule has 1 saturated heterocycles. The van der Waals surface area contributed by atoms with E-state index in [2.05, 4.69) is 34.0 Å². The van der Waals surface area contributed by atoms with E-state index in [1.54, 1.807) is 20.4 Å². The number of nitrogens with zero attached hydrogens (tertiary/aromatic N) is 6. The average Bonchev–Trinajstić information content (AvgIpc) is 3.59. The minimum absolute atomic E-state index is 0.245. The van der Waals surface area contributed by atoms with Crippen LogP contribution in [0.1, 0.15) is 26.2 Å². The number of aryl methyl sites for hydroxylation is 1. The lowest BCUT2D eigenvalue weighted by molar-refractivity contribution is -0.127. The summed E-state index contributed by atoms with van der Waals surface area (Å²) in [6.07, 6.45) is 8.01. The van der Waals surface area contributed by atoms with Crippen molar-refractivity contribution < 1.29 is 14.3 Å². The van der Waals surface area contributed by atoms with Crippen LogP contribution in [-0.2, 0) is 11.3 Å². The molecular formula is C28H32N6O3. The average molecular weight is 501 g/mol. The fourth-order valence-electron chi connectivity index (χ4n) is 4.69. The van der Waals surface area contributed by atoms with Gasteiger partial charge in [0.15, 0.2) is 0 Å². The van der Waals surface area contributed by atoms with Crippen molar-refractivity contribution in [2.45, 2.75) is 32.7 Å². The Labute approximate surface area is 216 Å². The summed E-state index contributed by atoms with van der Waals surface area (Å²) in [7, 11) is 3.30. The summed E-state index contributed by atoms with van der Waals surface area (Å²) >= 11 is 0. The van der Waals surface area contributed by atoms with Gasteiger partial charge >= 0.3 is 0 Å². The summed E-state index contributed by atoms with van der Waals surface area (Å²) in [5.74, 6) is 1.67. The Hall–Kier alpha value is -4.14. The maximum atomic E-state index is 12.1. The van der Waals surface area contributed by atoms with E-state index in [0.717, 1.165) is 66.1 Å². The van der Waals surface area contributed by atoms with Gasteiger partial charge in [-0.15, -0.1) is 0 Å². The molecule has 0 aliphatic carbocycles. The van der Waals surface area contributed by atoms with E-state index < -0.39 is 0 Å². The number of likely N-dealkylation sites (tertiary alicyclic amines) is 1. The fourth-order valence-corrected chi connectivity index (χ4v) is 4.69. The minimum atomic E-state index is 0.245. The number of hydrogen-bond donors (Lipinski definition) is 0. The van der Waals surface area contributed by atoms with Gasteiger partial charge in [0.25, 0.3) is 0 Å². The number of carbonyl (C=O) groups excluding carboxylic acids is 1. The molecule has 0 radical (unpaired) electrons. The number of methoxy groups -OCH3 is 2. The molecule has 0 atom stereocenters. The van der Waals surface area contributed by atoms with Gasteiger partial charge in [-0.2, -0.15) is 5.10 Å². The Morgan fingerprint density at radius 3 is 2.49 bits per heavy atom. The Kier molecular flexibility index (Phi) is 7.20. The van der Waals surface area contributed by atoms with Crippen LogP contribution in [0.25, 0.3) is 22.3 Å². The number of amides is 1. The molecule has 1 amide bonds. The van der Waals surface area contributed by atoms with Crippen LogP contribution < -0.4 is 14.4 Å². The standard InChI is InChI=1S/C28H32N6O3/c1-4-33-19-20(17-30-33)27-18-29-25-9-8-21(15-26(25)31-27)34(12-6-11-32-10-5-7-28(32)35)22-13-23(36-2)16-24(14-22)37-3/h8-9,13-19H,4-7,10-12H2,1-3H3. The van der Waals surface area contributed by atoms with Crippen LogP contribution in [0.15, 0.2) is 55.0 Å². The van der Waals surface area contributed by atoms with E-state index in [0.29, 0.717) is 24.5 Å². The summed E-state index contributed by atoms with van der Waals surface area (Å²) in [6, 6.07) is 12.0. The third kappa shape index (κ3) is 5.35. The van der Waals surface area contributed by atoms with E-state index >= 15 is 0 Å². The highest BCUT2D eigenvalue weighted by Gasteiger charge is 2.20. The zero-order valence-corrected chi connectivity index (χ0v) is 21.6. The molecule has 0 N–H and O–H groups in total. The number of hydrogen-bond acceptors (Lipinski definition) is 7. The van der Waals surface area contributed by atoms with Crippen molar-refractivity contribution in [3.05, 3.63) is 55.0 Å². The molecule has 3 heterocycles. The largest absolute Gasteiger partial charge is 0.497 e. The first-order valence-electron chi connectivity index (χ1n) is 12.7. The maximum Gasteiger partial charge on any atom is 0.222 e. The van der Waals surface area contributed by atoms with E-state index in [9.17, 15) is 4.79 Å². The van der Waals surface area contributed by atoms with Gasteiger partial charge in [0.05, 0.1) is 43.3 Å². The molecule has 9 heteroatoms. The number of rotatable bonds is 10. The van der Waals surface area contributed by atoms with Gasteiger partial charge in [-0.3, -0.25) is 14.5 Å². The molecular weight excluding hydrogens is 468 g/mol. The monoisotopic (exact) mass is 500 g/mol. The number of fused-ring (bicyclic) bond motifs is 1. The van der Waals surface area contributed by atoms with Crippen LogP contribution >= 0.6 is 0 Å². The smallest absolute Gasteiger partial charge is 0.222 e. The van der Waals surface area contributed by atoms with Crippen molar-refractivity contribution in [3.63, 3.8) is 0 Å². The third-order valence-electron chi connectivity index (χ3n) is 6.72. The molecule has 4 aromatic rings. The molecule has 0 spiro atoms. The van der Waals surface area contributed by atoms with Crippen LogP contribution in [0, 0.1) is 0 Å². The molecule has 1 aliphatic rings. The van der Waals surface area contributed by atoms with E-state index in [-0.39, 0.29) is 5.91 Å². The van der Waals surface area contributed by atoms with Crippen molar-refractivity contribution in [3.8, 4) is 22.8 Å². The van der Waals surface area contributed by atoms with Crippen LogP contribution in [0.3, 0.4) is 0 Å². The molecule has 37 heavy (non-hydrogen) atoms. The SMILES string of the molecule is CCn1cc(-c2cnc3ccc(N(CCCN4CCCC4=O)c4cc(OC)cc(OC)c4)cc3n2)cn1. The molecule has 2 aromatic carbocycles. The fraction of sp³-hybridized carbons (Fsp3) is 0.357. The van der Waals surface area contributed by atoms with Crippen LogP contribution in [-0.4, -0.2) is 64.4 Å². The van der Waals surface area contributed by atoms with E-state index in [1.165, 1.54) is 0 Å². The maximum absolute atomic E-state index is 12.1. The van der Waals surface area contributed by atoms with Gasteiger partial charge in [0, 0.05) is 73.9 Å². The Morgan fingerprint density at radius 1 is 1.00 bits per heavy atom. The van der Waals surface area contributed by atoms with Gasteiger partial charge in [-0.25, -0.2) is 4.98 Å². The van der Waals surface area contributed by atoms with Gasteiger partial charge < -0.3 is 19.3 Å².